The quantitative estimate of drug-likeness (QED) is 0.677. The third-order valence-corrected chi connectivity index (χ3v) is 5.92. The average Bonchev–Trinajstić information content (AvgIpc) is 3.01. The zero-order chi connectivity index (χ0) is 20.5. The number of amides is 1. The van der Waals surface area contributed by atoms with E-state index < -0.39 is 0 Å². The summed E-state index contributed by atoms with van der Waals surface area (Å²) in [6.45, 7) is 7.06. The van der Waals surface area contributed by atoms with Crippen molar-refractivity contribution in [2.24, 2.45) is 0 Å². The second kappa shape index (κ2) is 7.85. The molecule has 1 aliphatic heterocycles. The van der Waals surface area contributed by atoms with Crippen LogP contribution < -0.4 is 5.73 Å². The molecule has 2 N–H and O–H groups in total. The molecule has 6 heteroatoms. The number of nitrogens with two attached hydrogens (primary N) is 1. The minimum absolute atomic E-state index is 0.0306. The number of nitrogens with zero attached hydrogens (tertiary/aromatic N) is 4. The van der Waals surface area contributed by atoms with Crippen LogP contribution in [0.5, 0.6) is 0 Å². The summed E-state index contributed by atoms with van der Waals surface area (Å²) < 4.78 is 1.85. The van der Waals surface area contributed by atoms with Crippen molar-refractivity contribution in [3.05, 3.63) is 47.3 Å². The predicted octanol–water partition coefficient (Wildman–Crippen LogP) is 4.25. The molecule has 1 saturated heterocycles. The maximum atomic E-state index is 13.3. The summed E-state index contributed by atoms with van der Waals surface area (Å²) in [7, 11) is 0. The summed E-state index contributed by atoms with van der Waals surface area (Å²) in [5.41, 5.74) is 11.8. The van der Waals surface area contributed by atoms with Crippen LogP contribution >= 0.6 is 0 Å². The van der Waals surface area contributed by atoms with Crippen LogP contribution in [0.4, 0.5) is 5.69 Å². The Bertz CT molecular complexity index is 1050. The van der Waals surface area contributed by atoms with Crippen LogP contribution in [0.2, 0.25) is 0 Å². The normalized spacial score (nSPS) is 17.5. The Labute approximate surface area is 171 Å². The zero-order valence-corrected chi connectivity index (χ0v) is 17.5. The monoisotopic (exact) mass is 391 g/mol. The van der Waals surface area contributed by atoms with Crippen LogP contribution in [0.15, 0.2) is 30.3 Å². The molecule has 3 aromatic rings. The molecule has 1 unspecified atom stereocenters. The number of nitrogen functional groups attached to an aromatic ring is 1. The van der Waals surface area contributed by atoms with Crippen molar-refractivity contribution in [3.8, 4) is 11.3 Å². The summed E-state index contributed by atoms with van der Waals surface area (Å²) in [4.78, 5) is 20.0. The van der Waals surface area contributed by atoms with Gasteiger partial charge in [0.05, 0.1) is 5.69 Å². The minimum atomic E-state index is 0.0306. The highest BCUT2D eigenvalue weighted by atomic mass is 16.2. The first-order valence-electron chi connectivity index (χ1n) is 10.5. The maximum absolute atomic E-state index is 13.3. The molecule has 2 aromatic heterocycles. The van der Waals surface area contributed by atoms with E-state index in [-0.39, 0.29) is 11.9 Å². The van der Waals surface area contributed by atoms with Gasteiger partial charge in [0.15, 0.2) is 5.65 Å². The van der Waals surface area contributed by atoms with Gasteiger partial charge in [-0.2, -0.15) is 5.10 Å². The molecule has 0 saturated carbocycles. The van der Waals surface area contributed by atoms with E-state index in [0.29, 0.717) is 11.3 Å². The van der Waals surface area contributed by atoms with Crippen LogP contribution in [-0.4, -0.2) is 38.0 Å². The lowest BCUT2D eigenvalue weighted by molar-refractivity contribution is 0.0692. The number of aromatic nitrogens is 3. The molecule has 3 heterocycles. The standard InChI is InChI=1S/C23H29N5O/c1-4-18-13-21(23(29)27-11-7-5-6-8-16(27)3)25-22-14-20(26-28(18)22)19-10-9-17(24)12-15(19)2/h9-10,12-14,16H,4-8,11,24H2,1-3H3. The van der Waals surface area contributed by atoms with Crippen molar-refractivity contribution in [2.45, 2.75) is 58.9 Å². The van der Waals surface area contributed by atoms with E-state index in [2.05, 4.69) is 13.8 Å². The van der Waals surface area contributed by atoms with Crippen molar-refractivity contribution >= 4 is 17.2 Å². The highest BCUT2D eigenvalue weighted by Gasteiger charge is 2.25. The number of carbonyl (C=O) groups is 1. The van der Waals surface area contributed by atoms with Crippen LogP contribution in [0.25, 0.3) is 16.9 Å². The Kier molecular flexibility index (Phi) is 5.26. The summed E-state index contributed by atoms with van der Waals surface area (Å²) in [5, 5.41) is 4.78. The van der Waals surface area contributed by atoms with Gasteiger partial charge in [0.2, 0.25) is 0 Å². The third-order valence-electron chi connectivity index (χ3n) is 5.92. The highest BCUT2D eigenvalue weighted by Crippen LogP contribution is 2.26. The Morgan fingerprint density at radius 3 is 2.79 bits per heavy atom. The van der Waals surface area contributed by atoms with E-state index in [1.807, 2.05) is 46.7 Å². The summed E-state index contributed by atoms with van der Waals surface area (Å²) in [5.74, 6) is 0.0306. The van der Waals surface area contributed by atoms with Crippen LogP contribution in [0, 0.1) is 6.92 Å². The van der Waals surface area contributed by atoms with E-state index >= 15 is 0 Å². The van der Waals surface area contributed by atoms with Crippen molar-refractivity contribution in [3.63, 3.8) is 0 Å². The lowest BCUT2D eigenvalue weighted by Crippen LogP contribution is -2.38. The topological polar surface area (TPSA) is 76.5 Å². The maximum Gasteiger partial charge on any atom is 0.272 e. The van der Waals surface area contributed by atoms with E-state index in [1.165, 1.54) is 12.8 Å². The van der Waals surface area contributed by atoms with Crippen LogP contribution in [-0.2, 0) is 6.42 Å². The van der Waals surface area contributed by atoms with E-state index in [0.717, 1.165) is 54.0 Å². The van der Waals surface area contributed by atoms with Gasteiger partial charge in [-0.15, -0.1) is 0 Å². The molecule has 4 rings (SSSR count). The molecule has 0 aliphatic carbocycles. The first kappa shape index (κ1) is 19.4. The fourth-order valence-electron chi connectivity index (χ4n) is 4.23. The summed E-state index contributed by atoms with van der Waals surface area (Å²) >= 11 is 0. The van der Waals surface area contributed by atoms with Gasteiger partial charge in [0, 0.05) is 35.6 Å². The molecule has 0 spiro atoms. The smallest absolute Gasteiger partial charge is 0.272 e. The lowest BCUT2D eigenvalue weighted by atomic mass is 10.1. The van der Waals surface area contributed by atoms with Gasteiger partial charge in [0.1, 0.15) is 5.69 Å². The van der Waals surface area contributed by atoms with Gasteiger partial charge < -0.3 is 10.6 Å². The molecular weight excluding hydrogens is 362 g/mol. The van der Waals surface area contributed by atoms with Gasteiger partial charge in [-0.05, 0) is 56.9 Å². The molecule has 1 amide bonds. The number of hydrogen-bond acceptors (Lipinski definition) is 4. The average molecular weight is 392 g/mol. The molecule has 1 fully saturated rings. The Morgan fingerprint density at radius 2 is 2.03 bits per heavy atom. The van der Waals surface area contributed by atoms with Gasteiger partial charge in [-0.3, -0.25) is 4.79 Å². The largest absolute Gasteiger partial charge is 0.399 e. The minimum Gasteiger partial charge on any atom is -0.399 e. The summed E-state index contributed by atoms with van der Waals surface area (Å²) in [6.07, 6.45) is 5.27. The Morgan fingerprint density at radius 1 is 1.21 bits per heavy atom. The molecule has 6 nitrogen and oxygen atoms in total. The Balaban J connectivity index is 1.76. The van der Waals surface area contributed by atoms with Crippen LogP contribution in [0.3, 0.4) is 0 Å². The molecule has 1 aromatic carbocycles. The van der Waals surface area contributed by atoms with Gasteiger partial charge in [-0.1, -0.05) is 25.8 Å². The summed E-state index contributed by atoms with van der Waals surface area (Å²) in [6, 6.07) is 9.94. The zero-order valence-electron chi connectivity index (χ0n) is 17.5. The van der Waals surface area contributed by atoms with Gasteiger partial charge >= 0.3 is 0 Å². The molecule has 1 atom stereocenters. The number of anilines is 1. The van der Waals surface area contributed by atoms with Gasteiger partial charge in [-0.25, -0.2) is 9.50 Å². The first-order chi connectivity index (χ1) is 14.0. The number of carbonyl (C=O) groups excluding carboxylic acids is 1. The van der Waals surface area contributed by atoms with Crippen molar-refractivity contribution in [1.82, 2.24) is 19.5 Å². The second-order valence-electron chi connectivity index (χ2n) is 8.06. The number of fused-ring (bicyclic) bond motifs is 1. The molecule has 0 bridgehead atoms. The number of rotatable bonds is 3. The second-order valence-corrected chi connectivity index (χ2v) is 8.06. The number of benzene rings is 1. The van der Waals surface area contributed by atoms with Gasteiger partial charge in [0.25, 0.3) is 5.91 Å². The van der Waals surface area contributed by atoms with Crippen molar-refractivity contribution in [2.75, 3.05) is 12.3 Å². The fourth-order valence-corrected chi connectivity index (χ4v) is 4.23. The first-order valence-corrected chi connectivity index (χ1v) is 10.5. The predicted molar refractivity (Wildman–Crippen MR) is 116 cm³/mol. The molecular formula is C23H29N5O. The SMILES string of the molecule is CCc1cc(C(=O)N2CCCCCC2C)nc2cc(-c3ccc(N)cc3C)nn12. The lowest BCUT2D eigenvalue weighted by Gasteiger charge is -2.27. The molecule has 152 valence electrons. The number of hydrogen-bond donors (Lipinski definition) is 1. The van der Waals surface area contributed by atoms with E-state index in [9.17, 15) is 4.79 Å². The van der Waals surface area contributed by atoms with Crippen molar-refractivity contribution < 1.29 is 4.79 Å². The highest BCUT2D eigenvalue weighted by molar-refractivity contribution is 5.93. The van der Waals surface area contributed by atoms with E-state index in [1.54, 1.807) is 0 Å². The van der Waals surface area contributed by atoms with Crippen LogP contribution in [0.1, 0.15) is 61.3 Å². The molecule has 1 aliphatic rings. The molecule has 0 radical (unpaired) electrons. The third kappa shape index (κ3) is 3.71. The fraction of sp³-hybridized carbons (Fsp3) is 0.435. The number of likely N-dealkylation sites (tertiary alicyclic amines) is 1. The number of aryl methyl sites for hydroxylation is 2. The van der Waals surface area contributed by atoms with E-state index in [4.69, 9.17) is 15.8 Å². The Hall–Kier alpha value is -2.89. The van der Waals surface area contributed by atoms with Crippen molar-refractivity contribution in [1.29, 1.82) is 0 Å². The molecule has 29 heavy (non-hydrogen) atoms.